The Morgan fingerprint density at radius 3 is 2.86 bits per heavy atom. The molecule has 2 aromatic heterocycles. The summed E-state index contributed by atoms with van der Waals surface area (Å²) in [7, 11) is 0. The van der Waals surface area contributed by atoms with E-state index in [0.29, 0.717) is 0 Å². The maximum Gasteiger partial charge on any atom is 0.0678 e. The van der Waals surface area contributed by atoms with Crippen LogP contribution in [0.4, 0.5) is 0 Å². The Kier molecular flexibility index (Phi) is 2.51. The zero-order chi connectivity index (χ0) is 9.97. The van der Waals surface area contributed by atoms with Gasteiger partial charge in [-0.25, -0.2) is 0 Å². The Morgan fingerprint density at radius 2 is 2.29 bits per heavy atom. The predicted molar refractivity (Wildman–Crippen MR) is 54.9 cm³/mol. The Labute approximate surface area is 86.0 Å². The summed E-state index contributed by atoms with van der Waals surface area (Å²) in [6.07, 6.45) is 3.32. The second-order valence-electron chi connectivity index (χ2n) is 3.02. The standard InChI is InChI=1S/C9H10N4S/c1-6-4-8(14-13-6)9(10)7-2-3-11-12-5-7/h2-5,9H,10H2,1H3. The molecular formula is C9H10N4S. The molecule has 0 spiro atoms. The molecule has 0 fully saturated rings. The van der Waals surface area contributed by atoms with E-state index in [2.05, 4.69) is 14.6 Å². The van der Waals surface area contributed by atoms with Crippen molar-refractivity contribution in [3.05, 3.63) is 40.7 Å². The van der Waals surface area contributed by atoms with Crippen LogP contribution in [0.5, 0.6) is 0 Å². The summed E-state index contributed by atoms with van der Waals surface area (Å²) in [5.41, 5.74) is 8.00. The molecule has 0 radical (unpaired) electrons. The highest BCUT2D eigenvalue weighted by Crippen LogP contribution is 2.22. The van der Waals surface area contributed by atoms with E-state index >= 15 is 0 Å². The van der Waals surface area contributed by atoms with E-state index in [1.807, 2.05) is 19.1 Å². The third-order valence-corrected chi connectivity index (χ3v) is 2.88. The SMILES string of the molecule is Cc1cc(C(N)c2ccnnc2)sn1. The molecule has 2 rings (SSSR count). The Hall–Kier alpha value is -1.33. The monoisotopic (exact) mass is 206 g/mol. The van der Waals surface area contributed by atoms with Gasteiger partial charge < -0.3 is 5.73 Å². The Balaban J connectivity index is 2.29. The van der Waals surface area contributed by atoms with E-state index in [9.17, 15) is 0 Å². The molecule has 0 aliphatic carbocycles. The lowest BCUT2D eigenvalue weighted by Crippen LogP contribution is -2.10. The van der Waals surface area contributed by atoms with E-state index in [1.54, 1.807) is 12.4 Å². The lowest BCUT2D eigenvalue weighted by atomic mass is 10.1. The van der Waals surface area contributed by atoms with Crippen LogP contribution in [0.15, 0.2) is 24.5 Å². The lowest BCUT2D eigenvalue weighted by molar-refractivity contribution is 0.862. The van der Waals surface area contributed by atoms with Gasteiger partial charge in [-0.3, -0.25) is 0 Å². The van der Waals surface area contributed by atoms with Crippen molar-refractivity contribution >= 4 is 11.5 Å². The summed E-state index contributed by atoms with van der Waals surface area (Å²) in [6.45, 7) is 1.96. The van der Waals surface area contributed by atoms with Crippen molar-refractivity contribution in [3.8, 4) is 0 Å². The maximum atomic E-state index is 6.03. The van der Waals surface area contributed by atoms with Crippen LogP contribution < -0.4 is 5.73 Å². The quantitative estimate of drug-likeness (QED) is 0.804. The Bertz CT molecular complexity index is 412. The van der Waals surface area contributed by atoms with Crippen LogP contribution in [-0.2, 0) is 0 Å². The van der Waals surface area contributed by atoms with E-state index in [0.717, 1.165) is 16.1 Å². The third kappa shape index (κ3) is 1.78. The first kappa shape index (κ1) is 9.23. The first-order valence-corrected chi connectivity index (χ1v) is 5.00. The zero-order valence-electron chi connectivity index (χ0n) is 7.71. The normalized spacial score (nSPS) is 12.7. The summed E-state index contributed by atoms with van der Waals surface area (Å²) >= 11 is 1.43. The number of hydrogen-bond acceptors (Lipinski definition) is 5. The van der Waals surface area contributed by atoms with Crippen molar-refractivity contribution in [2.45, 2.75) is 13.0 Å². The van der Waals surface area contributed by atoms with Crippen LogP contribution >= 0.6 is 11.5 Å². The van der Waals surface area contributed by atoms with E-state index in [1.165, 1.54) is 11.5 Å². The molecule has 0 aromatic carbocycles. The zero-order valence-corrected chi connectivity index (χ0v) is 8.53. The molecule has 0 saturated heterocycles. The minimum Gasteiger partial charge on any atom is -0.320 e. The highest BCUT2D eigenvalue weighted by Gasteiger charge is 2.11. The number of aryl methyl sites for hydroxylation is 1. The highest BCUT2D eigenvalue weighted by molar-refractivity contribution is 7.05. The fourth-order valence-electron chi connectivity index (χ4n) is 1.18. The van der Waals surface area contributed by atoms with Gasteiger partial charge in [-0.15, -0.1) is 0 Å². The molecule has 0 saturated carbocycles. The van der Waals surface area contributed by atoms with Crippen LogP contribution in [0, 0.1) is 6.92 Å². The molecule has 1 unspecified atom stereocenters. The molecule has 4 nitrogen and oxygen atoms in total. The van der Waals surface area contributed by atoms with E-state index < -0.39 is 0 Å². The highest BCUT2D eigenvalue weighted by atomic mass is 32.1. The van der Waals surface area contributed by atoms with Gasteiger partial charge in [0.05, 0.1) is 17.9 Å². The van der Waals surface area contributed by atoms with Crippen LogP contribution in [-0.4, -0.2) is 14.6 Å². The first-order chi connectivity index (χ1) is 6.77. The lowest BCUT2D eigenvalue weighted by Gasteiger charge is -2.06. The predicted octanol–water partition coefficient (Wildman–Crippen LogP) is 1.29. The van der Waals surface area contributed by atoms with Crippen molar-refractivity contribution in [2.75, 3.05) is 0 Å². The number of rotatable bonds is 2. The van der Waals surface area contributed by atoms with Gasteiger partial charge in [0.1, 0.15) is 0 Å². The molecule has 0 aliphatic heterocycles. The fourth-order valence-corrected chi connectivity index (χ4v) is 1.95. The average molecular weight is 206 g/mol. The summed E-state index contributed by atoms with van der Waals surface area (Å²) in [5.74, 6) is 0. The molecule has 14 heavy (non-hydrogen) atoms. The van der Waals surface area contributed by atoms with Crippen LogP contribution in [0.3, 0.4) is 0 Å². The summed E-state index contributed by atoms with van der Waals surface area (Å²) in [4.78, 5) is 1.05. The number of hydrogen-bond donors (Lipinski definition) is 1. The number of aromatic nitrogens is 3. The molecule has 2 aromatic rings. The van der Waals surface area contributed by atoms with Crippen molar-refractivity contribution in [2.24, 2.45) is 5.73 Å². The molecule has 0 amide bonds. The molecule has 2 heterocycles. The van der Waals surface area contributed by atoms with Gasteiger partial charge in [0.15, 0.2) is 0 Å². The summed E-state index contributed by atoms with van der Waals surface area (Å²) in [5, 5.41) is 7.50. The molecule has 0 aliphatic rings. The average Bonchev–Trinajstić information content (AvgIpc) is 2.65. The molecule has 2 N–H and O–H groups in total. The van der Waals surface area contributed by atoms with Gasteiger partial charge in [0.25, 0.3) is 0 Å². The molecular weight excluding hydrogens is 196 g/mol. The Morgan fingerprint density at radius 1 is 1.43 bits per heavy atom. The molecule has 0 bridgehead atoms. The van der Waals surface area contributed by atoms with Gasteiger partial charge in [-0.05, 0) is 36.2 Å². The second-order valence-corrected chi connectivity index (χ2v) is 3.86. The largest absolute Gasteiger partial charge is 0.320 e. The number of nitrogens with two attached hydrogens (primary N) is 1. The van der Waals surface area contributed by atoms with Gasteiger partial charge in [-0.2, -0.15) is 14.6 Å². The maximum absolute atomic E-state index is 6.03. The van der Waals surface area contributed by atoms with Crippen molar-refractivity contribution in [1.82, 2.24) is 14.6 Å². The van der Waals surface area contributed by atoms with Gasteiger partial charge >= 0.3 is 0 Å². The first-order valence-electron chi connectivity index (χ1n) is 4.23. The smallest absolute Gasteiger partial charge is 0.0678 e. The van der Waals surface area contributed by atoms with Crippen molar-refractivity contribution in [1.29, 1.82) is 0 Å². The van der Waals surface area contributed by atoms with E-state index in [4.69, 9.17) is 5.73 Å². The molecule has 72 valence electrons. The topological polar surface area (TPSA) is 64.7 Å². The summed E-state index contributed by atoms with van der Waals surface area (Å²) < 4.78 is 4.19. The van der Waals surface area contributed by atoms with Crippen LogP contribution in [0.1, 0.15) is 22.2 Å². The third-order valence-electron chi connectivity index (χ3n) is 1.92. The van der Waals surface area contributed by atoms with Crippen molar-refractivity contribution in [3.63, 3.8) is 0 Å². The van der Waals surface area contributed by atoms with Gasteiger partial charge in [0, 0.05) is 11.1 Å². The molecule has 5 heteroatoms. The van der Waals surface area contributed by atoms with Gasteiger partial charge in [0.2, 0.25) is 0 Å². The van der Waals surface area contributed by atoms with Gasteiger partial charge in [-0.1, -0.05) is 0 Å². The minimum absolute atomic E-state index is 0.142. The fraction of sp³-hybridized carbons (Fsp3) is 0.222. The van der Waals surface area contributed by atoms with Crippen molar-refractivity contribution < 1.29 is 0 Å². The summed E-state index contributed by atoms with van der Waals surface area (Å²) in [6, 6.07) is 3.72. The van der Waals surface area contributed by atoms with E-state index in [-0.39, 0.29) is 6.04 Å². The second kappa shape index (κ2) is 3.81. The van der Waals surface area contributed by atoms with Crippen LogP contribution in [0.2, 0.25) is 0 Å². The molecule has 1 atom stereocenters. The minimum atomic E-state index is -0.142. The van der Waals surface area contributed by atoms with Crippen LogP contribution in [0.25, 0.3) is 0 Å². The number of nitrogens with zero attached hydrogens (tertiary/aromatic N) is 3.